The van der Waals surface area contributed by atoms with Crippen molar-refractivity contribution in [3.8, 4) is 0 Å². The average Bonchev–Trinajstić information content (AvgIpc) is 3.25. The lowest BCUT2D eigenvalue weighted by atomic mass is 10.3. The monoisotopic (exact) mass is 391 g/mol. The maximum absolute atomic E-state index is 13.1. The number of hydrogen-bond acceptors (Lipinski definition) is 5. The van der Waals surface area contributed by atoms with E-state index in [1.165, 1.54) is 11.3 Å². The van der Waals surface area contributed by atoms with Gasteiger partial charge in [0.25, 0.3) is 5.91 Å². The highest BCUT2D eigenvalue weighted by Gasteiger charge is 2.23. The Kier molecular flexibility index (Phi) is 5.90. The molecule has 0 atom stereocenters. The molecular weight excluding hydrogens is 370 g/mol. The molecule has 138 valence electrons. The molecule has 26 heavy (non-hydrogen) atoms. The largest absolute Gasteiger partial charge is 0.309 e. The van der Waals surface area contributed by atoms with E-state index in [4.69, 9.17) is 11.6 Å². The van der Waals surface area contributed by atoms with Gasteiger partial charge in [-0.25, -0.2) is 4.98 Å². The second kappa shape index (κ2) is 8.16. The fraction of sp³-hybridized carbons (Fsp3) is 0.389. The highest BCUT2D eigenvalue weighted by atomic mass is 35.5. The summed E-state index contributed by atoms with van der Waals surface area (Å²) in [6.07, 6.45) is 2.66. The first kappa shape index (κ1) is 18.8. The number of aromatic nitrogens is 3. The molecule has 2 heterocycles. The van der Waals surface area contributed by atoms with Crippen molar-refractivity contribution in [3.05, 3.63) is 41.2 Å². The topological polar surface area (TPSA) is 54.3 Å². The molecule has 0 radical (unpaired) electrons. The van der Waals surface area contributed by atoms with Gasteiger partial charge in [-0.3, -0.25) is 14.4 Å². The molecule has 0 aliphatic heterocycles. The third-order valence-corrected chi connectivity index (χ3v) is 5.35. The predicted molar refractivity (Wildman–Crippen MR) is 107 cm³/mol. The number of amides is 1. The molecule has 0 aliphatic carbocycles. The standard InChI is InChI=1S/C18H22ClN5OS/c1-4-23-12-9-14(21-23)17(25)24(11-6-10-22(2)3)18-20-16-13(19)7-5-8-15(16)26-18/h5,7-9,12H,4,6,10-11H2,1-3H3. The fourth-order valence-corrected chi connectivity index (χ4v) is 3.93. The second-order valence-corrected chi connectivity index (χ2v) is 7.67. The number of fused-ring (bicyclic) bond motifs is 1. The molecule has 0 saturated heterocycles. The Morgan fingerprint density at radius 3 is 2.73 bits per heavy atom. The highest BCUT2D eigenvalue weighted by molar-refractivity contribution is 7.22. The maximum atomic E-state index is 13.1. The average molecular weight is 392 g/mol. The first-order valence-electron chi connectivity index (χ1n) is 8.54. The molecule has 1 amide bonds. The summed E-state index contributed by atoms with van der Waals surface area (Å²) in [6, 6.07) is 7.43. The summed E-state index contributed by atoms with van der Waals surface area (Å²) in [5.41, 5.74) is 1.17. The first-order valence-corrected chi connectivity index (χ1v) is 9.74. The molecule has 0 spiro atoms. The number of aryl methyl sites for hydroxylation is 1. The summed E-state index contributed by atoms with van der Waals surface area (Å²) in [6.45, 7) is 4.18. The van der Waals surface area contributed by atoms with E-state index in [0.29, 0.717) is 22.4 Å². The van der Waals surface area contributed by atoms with Crippen LogP contribution >= 0.6 is 22.9 Å². The Balaban J connectivity index is 1.93. The van der Waals surface area contributed by atoms with Gasteiger partial charge in [-0.05, 0) is 52.2 Å². The van der Waals surface area contributed by atoms with Gasteiger partial charge in [0.15, 0.2) is 10.8 Å². The quantitative estimate of drug-likeness (QED) is 0.615. The number of nitrogens with zero attached hydrogens (tertiary/aromatic N) is 5. The predicted octanol–water partition coefficient (Wildman–Crippen LogP) is 3.76. The van der Waals surface area contributed by atoms with Gasteiger partial charge in [0, 0.05) is 19.3 Å². The molecular formula is C18H22ClN5OS. The van der Waals surface area contributed by atoms with Gasteiger partial charge in [-0.15, -0.1) is 0 Å². The number of anilines is 1. The number of carbonyl (C=O) groups is 1. The van der Waals surface area contributed by atoms with E-state index < -0.39 is 0 Å². The molecule has 0 N–H and O–H groups in total. The summed E-state index contributed by atoms with van der Waals surface area (Å²) in [5, 5.41) is 5.61. The van der Waals surface area contributed by atoms with E-state index in [1.807, 2.05) is 45.4 Å². The van der Waals surface area contributed by atoms with Crippen LogP contribution in [0.4, 0.5) is 5.13 Å². The van der Waals surface area contributed by atoms with Crippen LogP contribution in [0.15, 0.2) is 30.5 Å². The van der Waals surface area contributed by atoms with Crippen molar-refractivity contribution >= 4 is 44.2 Å². The van der Waals surface area contributed by atoms with Crippen LogP contribution in [0.5, 0.6) is 0 Å². The number of rotatable bonds is 7. The van der Waals surface area contributed by atoms with Crippen molar-refractivity contribution in [2.24, 2.45) is 0 Å². The summed E-state index contributed by atoms with van der Waals surface area (Å²) < 4.78 is 2.72. The van der Waals surface area contributed by atoms with Crippen LogP contribution in [-0.2, 0) is 6.54 Å². The lowest BCUT2D eigenvalue weighted by Crippen LogP contribution is -2.33. The van der Waals surface area contributed by atoms with Crippen LogP contribution < -0.4 is 4.90 Å². The van der Waals surface area contributed by atoms with Crippen molar-refractivity contribution in [3.63, 3.8) is 0 Å². The SMILES string of the molecule is CCn1ccc(C(=O)N(CCCN(C)C)c2nc3c(Cl)cccc3s2)n1. The molecule has 0 saturated carbocycles. The van der Waals surface area contributed by atoms with Gasteiger partial charge < -0.3 is 4.90 Å². The number of benzene rings is 1. The summed E-state index contributed by atoms with van der Waals surface area (Å²) in [4.78, 5) is 21.5. The van der Waals surface area contributed by atoms with Crippen molar-refractivity contribution in [1.29, 1.82) is 0 Å². The number of halogens is 1. The minimum absolute atomic E-state index is 0.133. The van der Waals surface area contributed by atoms with Crippen LogP contribution in [-0.4, -0.2) is 52.8 Å². The van der Waals surface area contributed by atoms with Crippen LogP contribution in [0.2, 0.25) is 5.02 Å². The molecule has 0 bridgehead atoms. The van der Waals surface area contributed by atoms with E-state index >= 15 is 0 Å². The lowest BCUT2D eigenvalue weighted by Gasteiger charge is -2.20. The molecule has 0 fully saturated rings. The smallest absolute Gasteiger partial charge is 0.280 e. The van der Waals surface area contributed by atoms with E-state index in [0.717, 1.165) is 29.7 Å². The number of para-hydroxylation sites is 1. The van der Waals surface area contributed by atoms with Crippen LogP contribution in [0.1, 0.15) is 23.8 Å². The van der Waals surface area contributed by atoms with Gasteiger partial charge in [-0.1, -0.05) is 29.0 Å². The van der Waals surface area contributed by atoms with Crippen molar-refractivity contribution in [2.75, 3.05) is 32.1 Å². The van der Waals surface area contributed by atoms with Gasteiger partial charge in [0.05, 0.1) is 9.72 Å². The molecule has 1 aromatic carbocycles. The summed E-state index contributed by atoms with van der Waals surface area (Å²) >= 11 is 7.73. The van der Waals surface area contributed by atoms with Gasteiger partial charge in [0.2, 0.25) is 0 Å². The van der Waals surface area contributed by atoms with E-state index in [2.05, 4.69) is 15.0 Å². The number of hydrogen-bond donors (Lipinski definition) is 0. The van der Waals surface area contributed by atoms with E-state index in [-0.39, 0.29) is 5.91 Å². The third kappa shape index (κ3) is 4.06. The van der Waals surface area contributed by atoms with E-state index in [9.17, 15) is 4.79 Å². The zero-order valence-electron chi connectivity index (χ0n) is 15.1. The van der Waals surface area contributed by atoms with Crippen molar-refractivity contribution < 1.29 is 4.79 Å². The van der Waals surface area contributed by atoms with Gasteiger partial charge in [-0.2, -0.15) is 5.10 Å². The number of carbonyl (C=O) groups excluding carboxylic acids is 1. The second-order valence-electron chi connectivity index (χ2n) is 6.25. The normalized spacial score (nSPS) is 11.4. The lowest BCUT2D eigenvalue weighted by molar-refractivity contribution is 0.0980. The minimum Gasteiger partial charge on any atom is -0.309 e. The molecule has 8 heteroatoms. The Morgan fingerprint density at radius 1 is 1.27 bits per heavy atom. The minimum atomic E-state index is -0.133. The Bertz CT molecular complexity index is 904. The Labute approximate surface area is 162 Å². The maximum Gasteiger partial charge on any atom is 0.280 e. The molecule has 0 unspecified atom stereocenters. The van der Waals surface area contributed by atoms with Crippen molar-refractivity contribution in [1.82, 2.24) is 19.7 Å². The summed E-state index contributed by atoms with van der Waals surface area (Å²) in [5.74, 6) is -0.133. The zero-order chi connectivity index (χ0) is 18.7. The first-order chi connectivity index (χ1) is 12.5. The van der Waals surface area contributed by atoms with Crippen LogP contribution in [0.3, 0.4) is 0 Å². The van der Waals surface area contributed by atoms with Gasteiger partial charge in [0.1, 0.15) is 5.52 Å². The van der Waals surface area contributed by atoms with Crippen LogP contribution in [0, 0.1) is 0 Å². The highest BCUT2D eigenvalue weighted by Crippen LogP contribution is 2.33. The van der Waals surface area contributed by atoms with E-state index in [1.54, 1.807) is 15.6 Å². The fourth-order valence-electron chi connectivity index (χ4n) is 2.64. The Morgan fingerprint density at radius 2 is 2.08 bits per heavy atom. The molecule has 6 nitrogen and oxygen atoms in total. The van der Waals surface area contributed by atoms with Crippen LogP contribution in [0.25, 0.3) is 10.2 Å². The molecule has 2 aromatic heterocycles. The summed E-state index contributed by atoms with van der Waals surface area (Å²) in [7, 11) is 4.04. The molecule has 3 rings (SSSR count). The Hall–Kier alpha value is -1.96. The van der Waals surface area contributed by atoms with Crippen molar-refractivity contribution in [2.45, 2.75) is 19.9 Å². The van der Waals surface area contributed by atoms with Gasteiger partial charge >= 0.3 is 0 Å². The number of thiazole rings is 1. The zero-order valence-corrected chi connectivity index (χ0v) is 16.7. The molecule has 3 aromatic rings. The molecule has 0 aliphatic rings. The third-order valence-electron chi connectivity index (χ3n) is 4.01.